The summed E-state index contributed by atoms with van der Waals surface area (Å²) in [5.74, 6) is -3.51. The molecule has 0 saturated heterocycles. The number of likely N-dealkylation sites (N-methyl/N-ethyl adjacent to an activating group) is 1. The van der Waals surface area contributed by atoms with E-state index in [1.165, 1.54) is 11.8 Å². The van der Waals surface area contributed by atoms with Crippen molar-refractivity contribution in [2.24, 2.45) is 23.7 Å². The Morgan fingerprint density at radius 3 is 2.57 bits per heavy atom. The van der Waals surface area contributed by atoms with Gasteiger partial charge in [-0.2, -0.15) is 0 Å². The third kappa shape index (κ3) is 6.07. The lowest BCUT2D eigenvalue weighted by Gasteiger charge is -2.46. The summed E-state index contributed by atoms with van der Waals surface area (Å²) >= 11 is 1.26. The van der Waals surface area contributed by atoms with E-state index in [2.05, 4.69) is 9.97 Å². The summed E-state index contributed by atoms with van der Waals surface area (Å²) < 4.78 is 5.54. The normalized spacial score (nSPS) is 28.0. The maximum Gasteiger partial charge on any atom is 0.362 e. The molecule has 1 aliphatic carbocycles. The number of carboxylic acids is 2. The van der Waals surface area contributed by atoms with E-state index in [0.717, 1.165) is 0 Å². The van der Waals surface area contributed by atoms with Crippen LogP contribution in [-0.2, 0) is 25.5 Å². The standard InChI is InChI=1S/C24H35N3O7S/c1-13(2)16-6-7-24(33,19-17(16)8-14(20(28)29)11-34-22(19)32)12-35-23-25-10-15(26-23)9-18(21(30)31)27(3,4)5/h8,10,13,16-19,33H,6-7,9,11-12H2,1-5H3,(H2-,25,26,28,29,30,31)/p+1/t16-,17-,18+,19-,24-/m1/s1. The summed E-state index contributed by atoms with van der Waals surface area (Å²) in [6, 6.07) is -0.652. The van der Waals surface area contributed by atoms with Gasteiger partial charge in [0.05, 0.1) is 44.7 Å². The predicted octanol–water partition coefficient (Wildman–Crippen LogP) is 1.80. The number of ether oxygens (including phenoxy) is 1. The monoisotopic (exact) mass is 510 g/mol. The van der Waals surface area contributed by atoms with E-state index in [0.29, 0.717) is 23.7 Å². The maximum atomic E-state index is 13.0. The molecule has 0 amide bonds. The number of carbonyl (C=O) groups excluding carboxylic acids is 1. The molecule has 4 N–H and O–H groups in total. The first-order valence-electron chi connectivity index (χ1n) is 11.8. The number of allylic oxidation sites excluding steroid dienone is 1. The summed E-state index contributed by atoms with van der Waals surface area (Å²) in [4.78, 5) is 43.8. The number of nitrogens with zero attached hydrogens (tertiary/aromatic N) is 2. The summed E-state index contributed by atoms with van der Waals surface area (Å²) in [5.41, 5.74) is -0.695. The molecule has 1 aromatic heterocycles. The summed E-state index contributed by atoms with van der Waals surface area (Å²) in [6.07, 6.45) is 4.51. The van der Waals surface area contributed by atoms with Crippen molar-refractivity contribution >= 4 is 29.7 Å². The Kier molecular flexibility index (Phi) is 8.02. The first-order valence-corrected chi connectivity index (χ1v) is 12.7. The largest absolute Gasteiger partial charge is 0.478 e. The molecule has 0 spiro atoms. The van der Waals surface area contributed by atoms with Gasteiger partial charge in [-0.3, -0.25) is 4.79 Å². The van der Waals surface area contributed by atoms with Gasteiger partial charge in [0.2, 0.25) is 0 Å². The number of imidazole rings is 1. The number of nitrogens with one attached hydrogen (secondary N) is 1. The van der Waals surface area contributed by atoms with Crippen LogP contribution in [0.2, 0.25) is 0 Å². The molecule has 35 heavy (non-hydrogen) atoms. The number of quaternary nitrogens is 1. The number of carbonyl (C=O) groups is 3. The number of aromatic nitrogens is 2. The molecule has 0 bridgehead atoms. The Bertz CT molecular complexity index is 999. The highest BCUT2D eigenvalue weighted by Gasteiger charge is 2.53. The number of hydrogen-bond acceptors (Lipinski definition) is 7. The predicted molar refractivity (Wildman–Crippen MR) is 129 cm³/mol. The minimum Gasteiger partial charge on any atom is -0.478 e. The Labute approximate surface area is 209 Å². The van der Waals surface area contributed by atoms with Crippen molar-refractivity contribution in [1.29, 1.82) is 0 Å². The molecule has 1 aliphatic heterocycles. The maximum absolute atomic E-state index is 13.0. The van der Waals surface area contributed by atoms with Gasteiger partial charge in [-0.25, -0.2) is 14.6 Å². The molecule has 3 rings (SSSR count). The van der Waals surface area contributed by atoms with Gasteiger partial charge >= 0.3 is 17.9 Å². The molecular formula is C24H36N3O7S+. The Morgan fingerprint density at radius 2 is 2.00 bits per heavy atom. The lowest BCUT2D eigenvalue weighted by atomic mass is 9.61. The summed E-state index contributed by atoms with van der Waals surface area (Å²) in [7, 11) is 5.46. The quantitative estimate of drug-likeness (QED) is 0.221. The smallest absolute Gasteiger partial charge is 0.362 e. The fourth-order valence-corrected chi connectivity index (χ4v) is 6.21. The average Bonchev–Trinajstić information content (AvgIpc) is 3.11. The van der Waals surface area contributed by atoms with Gasteiger partial charge in [-0.15, -0.1) is 0 Å². The highest BCUT2D eigenvalue weighted by atomic mass is 32.2. The second-order valence-electron chi connectivity index (χ2n) is 10.9. The number of H-pyrrole nitrogens is 1. The molecule has 2 aliphatic rings. The number of cyclic esters (lactones) is 1. The molecule has 194 valence electrons. The van der Waals surface area contributed by atoms with Crippen LogP contribution in [0.5, 0.6) is 0 Å². The molecule has 0 radical (unpaired) electrons. The molecule has 0 aromatic carbocycles. The number of carboxylic acid groups (broad SMARTS) is 2. The second kappa shape index (κ2) is 10.3. The number of esters is 1. The fraction of sp³-hybridized carbons (Fsp3) is 0.667. The molecule has 1 fully saturated rings. The summed E-state index contributed by atoms with van der Waals surface area (Å²) in [6.45, 7) is 3.76. The van der Waals surface area contributed by atoms with Crippen LogP contribution in [0.15, 0.2) is 23.0 Å². The van der Waals surface area contributed by atoms with Gasteiger partial charge in [-0.1, -0.05) is 31.7 Å². The van der Waals surface area contributed by atoms with Crippen LogP contribution in [0.25, 0.3) is 0 Å². The zero-order valence-corrected chi connectivity index (χ0v) is 21.7. The van der Waals surface area contributed by atoms with Crippen molar-refractivity contribution in [1.82, 2.24) is 9.97 Å². The van der Waals surface area contributed by atoms with Crippen LogP contribution in [0.3, 0.4) is 0 Å². The number of hydrogen-bond donors (Lipinski definition) is 4. The van der Waals surface area contributed by atoms with Crippen LogP contribution in [0, 0.1) is 23.7 Å². The molecule has 1 saturated carbocycles. The van der Waals surface area contributed by atoms with E-state index in [1.807, 2.05) is 35.0 Å². The average molecular weight is 511 g/mol. The highest BCUT2D eigenvalue weighted by Crippen LogP contribution is 2.48. The van der Waals surface area contributed by atoms with E-state index >= 15 is 0 Å². The van der Waals surface area contributed by atoms with Crippen molar-refractivity contribution in [3.05, 3.63) is 23.5 Å². The van der Waals surface area contributed by atoms with E-state index < -0.39 is 41.4 Å². The van der Waals surface area contributed by atoms with Crippen molar-refractivity contribution in [3.8, 4) is 0 Å². The molecule has 10 nitrogen and oxygen atoms in total. The van der Waals surface area contributed by atoms with Crippen molar-refractivity contribution < 1.29 is 38.9 Å². The van der Waals surface area contributed by atoms with E-state index in [9.17, 15) is 29.7 Å². The third-order valence-electron chi connectivity index (χ3n) is 7.21. The van der Waals surface area contributed by atoms with Crippen molar-refractivity contribution in [2.45, 2.75) is 49.9 Å². The molecule has 0 unspecified atom stereocenters. The Morgan fingerprint density at radius 1 is 1.31 bits per heavy atom. The van der Waals surface area contributed by atoms with Crippen LogP contribution in [0.4, 0.5) is 0 Å². The lowest BCUT2D eigenvalue weighted by molar-refractivity contribution is -0.887. The van der Waals surface area contributed by atoms with Gasteiger partial charge in [0.1, 0.15) is 6.61 Å². The SMILES string of the molecule is CC(C)[C@H]1CC[C@@](O)(CSc2ncc(C[C@@H](C(=O)O)[N+](C)(C)C)[nH]2)[C@H]2C(=O)OCC(C(=O)O)=C[C@H]12. The minimum absolute atomic E-state index is 0.0364. The number of aromatic amines is 1. The van der Waals surface area contributed by atoms with Crippen LogP contribution >= 0.6 is 11.8 Å². The van der Waals surface area contributed by atoms with Crippen molar-refractivity contribution in [3.63, 3.8) is 0 Å². The van der Waals surface area contributed by atoms with Crippen LogP contribution in [0.1, 0.15) is 32.4 Å². The number of aliphatic hydroxyl groups is 1. The lowest BCUT2D eigenvalue weighted by Crippen LogP contribution is -2.54. The Balaban J connectivity index is 1.80. The molecule has 11 heteroatoms. The van der Waals surface area contributed by atoms with Crippen LogP contribution in [-0.4, -0.2) is 92.8 Å². The molecular weight excluding hydrogens is 474 g/mol. The van der Waals surface area contributed by atoms with Crippen LogP contribution < -0.4 is 0 Å². The Hall–Kier alpha value is -2.37. The number of thioether (sulfide) groups is 1. The van der Waals surface area contributed by atoms with E-state index in [4.69, 9.17) is 4.74 Å². The van der Waals surface area contributed by atoms with Gasteiger partial charge in [0.15, 0.2) is 11.2 Å². The second-order valence-corrected chi connectivity index (χ2v) is 11.9. The van der Waals surface area contributed by atoms with Gasteiger partial charge in [0.25, 0.3) is 0 Å². The topological polar surface area (TPSA) is 150 Å². The first kappa shape index (κ1) is 27.2. The third-order valence-corrected chi connectivity index (χ3v) is 8.34. The van der Waals surface area contributed by atoms with Crippen molar-refractivity contribution in [2.75, 3.05) is 33.5 Å². The summed E-state index contributed by atoms with van der Waals surface area (Å²) in [5, 5.41) is 31.3. The molecule has 1 aromatic rings. The van der Waals surface area contributed by atoms with E-state index in [-0.39, 0.29) is 40.7 Å². The zero-order chi connectivity index (χ0) is 26.1. The molecule has 2 heterocycles. The number of rotatable bonds is 9. The molecule has 5 atom stereocenters. The minimum atomic E-state index is -1.40. The van der Waals surface area contributed by atoms with Gasteiger partial charge in [-0.05, 0) is 30.6 Å². The number of aliphatic carboxylic acids is 2. The zero-order valence-electron chi connectivity index (χ0n) is 20.9. The highest BCUT2D eigenvalue weighted by molar-refractivity contribution is 7.99. The first-order chi connectivity index (χ1) is 16.2. The fourth-order valence-electron chi connectivity index (χ4n) is 5.17. The number of fused-ring (bicyclic) bond motifs is 1. The van der Waals surface area contributed by atoms with Gasteiger partial charge in [0, 0.05) is 17.6 Å². The van der Waals surface area contributed by atoms with Gasteiger partial charge < -0.3 is 29.5 Å². The van der Waals surface area contributed by atoms with E-state index in [1.54, 1.807) is 12.3 Å².